The average Bonchev–Trinajstić information content (AvgIpc) is 2.32. The molecule has 0 spiro atoms. The Bertz CT molecular complexity index is 364. The van der Waals surface area contributed by atoms with Gasteiger partial charge in [0.2, 0.25) is 0 Å². The minimum absolute atomic E-state index is 0.419. The number of hydrogen-bond acceptors (Lipinski definition) is 2. The monoisotopic (exact) mass is 233 g/mol. The van der Waals surface area contributed by atoms with Crippen LogP contribution in [0.2, 0.25) is 0 Å². The molecule has 0 bridgehead atoms. The summed E-state index contributed by atoms with van der Waals surface area (Å²) >= 11 is 0. The number of hydrogen-bond donors (Lipinski definition) is 1. The van der Waals surface area contributed by atoms with Crippen molar-refractivity contribution in [3.8, 4) is 5.75 Å². The summed E-state index contributed by atoms with van der Waals surface area (Å²) in [6.07, 6.45) is 5.36. The summed E-state index contributed by atoms with van der Waals surface area (Å²) in [7, 11) is 2.18. The van der Waals surface area contributed by atoms with Crippen molar-refractivity contribution >= 4 is 0 Å². The summed E-state index contributed by atoms with van der Waals surface area (Å²) in [4.78, 5) is 2.40. The highest BCUT2D eigenvalue weighted by Crippen LogP contribution is 2.29. The van der Waals surface area contributed by atoms with E-state index in [9.17, 15) is 5.11 Å². The van der Waals surface area contributed by atoms with E-state index in [1.54, 1.807) is 6.07 Å². The highest BCUT2D eigenvalue weighted by atomic mass is 16.3. The van der Waals surface area contributed by atoms with E-state index >= 15 is 0 Å². The van der Waals surface area contributed by atoms with Gasteiger partial charge in [-0.1, -0.05) is 38.0 Å². The molecular weight excluding hydrogens is 210 g/mol. The minimum atomic E-state index is 0.419. The molecule has 94 valence electrons. The van der Waals surface area contributed by atoms with Crippen LogP contribution in [0.15, 0.2) is 24.3 Å². The highest BCUT2D eigenvalue weighted by Gasteiger charge is 2.25. The van der Waals surface area contributed by atoms with Crippen molar-refractivity contribution in [1.29, 1.82) is 0 Å². The summed E-state index contributed by atoms with van der Waals surface area (Å²) in [5.74, 6) is 1.20. The first kappa shape index (κ1) is 12.4. The molecule has 1 saturated carbocycles. The Morgan fingerprint density at radius 2 is 1.94 bits per heavy atom. The van der Waals surface area contributed by atoms with Crippen LogP contribution in [-0.2, 0) is 6.54 Å². The normalized spacial score (nSPS) is 25.1. The van der Waals surface area contributed by atoms with Crippen LogP contribution in [0.3, 0.4) is 0 Å². The van der Waals surface area contributed by atoms with E-state index in [0.29, 0.717) is 11.8 Å². The molecule has 1 fully saturated rings. The van der Waals surface area contributed by atoms with Crippen molar-refractivity contribution in [3.05, 3.63) is 29.8 Å². The van der Waals surface area contributed by atoms with Crippen LogP contribution in [0.5, 0.6) is 5.75 Å². The van der Waals surface area contributed by atoms with Gasteiger partial charge in [-0.2, -0.15) is 0 Å². The van der Waals surface area contributed by atoms with Gasteiger partial charge in [-0.25, -0.2) is 0 Å². The quantitative estimate of drug-likeness (QED) is 0.865. The van der Waals surface area contributed by atoms with Crippen molar-refractivity contribution < 1.29 is 5.11 Å². The lowest BCUT2D eigenvalue weighted by atomic mass is 9.85. The number of phenols is 1. The average molecular weight is 233 g/mol. The smallest absolute Gasteiger partial charge is 0.120 e. The molecule has 0 saturated heterocycles. The van der Waals surface area contributed by atoms with Crippen molar-refractivity contribution in [2.75, 3.05) is 7.05 Å². The second kappa shape index (κ2) is 5.54. The zero-order valence-electron chi connectivity index (χ0n) is 10.9. The van der Waals surface area contributed by atoms with E-state index in [1.807, 2.05) is 18.2 Å². The van der Waals surface area contributed by atoms with Crippen molar-refractivity contribution in [2.45, 2.75) is 45.2 Å². The molecule has 17 heavy (non-hydrogen) atoms. The Morgan fingerprint density at radius 3 is 2.65 bits per heavy atom. The molecule has 1 aromatic rings. The SMILES string of the molecule is CC1CCCCC1N(C)Cc1ccccc1O. The zero-order chi connectivity index (χ0) is 12.3. The maximum atomic E-state index is 9.80. The lowest BCUT2D eigenvalue weighted by Crippen LogP contribution is -2.38. The Kier molecular flexibility index (Phi) is 4.06. The summed E-state index contributed by atoms with van der Waals surface area (Å²) in [6.45, 7) is 3.20. The van der Waals surface area contributed by atoms with Crippen LogP contribution >= 0.6 is 0 Å². The number of nitrogens with zero attached hydrogens (tertiary/aromatic N) is 1. The molecule has 2 unspecified atom stereocenters. The van der Waals surface area contributed by atoms with E-state index in [2.05, 4.69) is 18.9 Å². The first-order valence-corrected chi connectivity index (χ1v) is 6.65. The highest BCUT2D eigenvalue weighted by molar-refractivity contribution is 5.31. The lowest BCUT2D eigenvalue weighted by Gasteiger charge is -2.36. The van der Waals surface area contributed by atoms with Gasteiger partial charge < -0.3 is 5.11 Å². The van der Waals surface area contributed by atoms with Gasteiger partial charge in [0.15, 0.2) is 0 Å². The van der Waals surface area contributed by atoms with Crippen LogP contribution in [0.1, 0.15) is 38.2 Å². The molecule has 0 heterocycles. The molecule has 2 nitrogen and oxygen atoms in total. The molecule has 0 radical (unpaired) electrons. The molecular formula is C15H23NO. The molecule has 2 rings (SSSR count). The van der Waals surface area contributed by atoms with E-state index in [4.69, 9.17) is 0 Å². The number of benzene rings is 1. The van der Waals surface area contributed by atoms with Gasteiger partial charge in [0, 0.05) is 18.2 Å². The topological polar surface area (TPSA) is 23.5 Å². The molecule has 0 amide bonds. The van der Waals surface area contributed by atoms with Crippen LogP contribution < -0.4 is 0 Å². The zero-order valence-corrected chi connectivity index (χ0v) is 10.9. The lowest BCUT2D eigenvalue weighted by molar-refractivity contribution is 0.132. The second-order valence-corrected chi connectivity index (χ2v) is 5.37. The molecule has 2 atom stereocenters. The van der Waals surface area contributed by atoms with Crippen molar-refractivity contribution in [1.82, 2.24) is 4.90 Å². The largest absolute Gasteiger partial charge is 0.508 e. The van der Waals surface area contributed by atoms with Gasteiger partial charge in [0.25, 0.3) is 0 Å². The Balaban J connectivity index is 2.01. The number of aromatic hydroxyl groups is 1. The standard InChI is InChI=1S/C15H23NO/c1-12-7-3-5-9-14(12)16(2)11-13-8-4-6-10-15(13)17/h4,6,8,10,12,14,17H,3,5,7,9,11H2,1-2H3. The van der Waals surface area contributed by atoms with Gasteiger partial charge in [-0.05, 0) is 31.9 Å². The van der Waals surface area contributed by atoms with Crippen LogP contribution in [0.25, 0.3) is 0 Å². The molecule has 0 aliphatic heterocycles. The van der Waals surface area contributed by atoms with Gasteiger partial charge in [-0.3, -0.25) is 4.90 Å². The first-order chi connectivity index (χ1) is 8.18. The number of para-hydroxylation sites is 1. The molecule has 1 aliphatic rings. The van der Waals surface area contributed by atoms with Gasteiger partial charge in [-0.15, -0.1) is 0 Å². The van der Waals surface area contributed by atoms with Crippen LogP contribution in [0.4, 0.5) is 0 Å². The Morgan fingerprint density at radius 1 is 1.24 bits per heavy atom. The minimum Gasteiger partial charge on any atom is -0.508 e. The van der Waals surface area contributed by atoms with Crippen LogP contribution in [0, 0.1) is 5.92 Å². The summed E-state index contributed by atoms with van der Waals surface area (Å²) in [5.41, 5.74) is 1.03. The molecule has 1 N–H and O–H groups in total. The summed E-state index contributed by atoms with van der Waals surface area (Å²) in [6, 6.07) is 8.32. The van der Waals surface area contributed by atoms with E-state index in [1.165, 1.54) is 25.7 Å². The molecule has 2 heteroatoms. The van der Waals surface area contributed by atoms with Crippen molar-refractivity contribution in [3.63, 3.8) is 0 Å². The third kappa shape index (κ3) is 3.01. The Labute approximate surface area is 104 Å². The van der Waals surface area contributed by atoms with Gasteiger partial charge in [0.05, 0.1) is 0 Å². The van der Waals surface area contributed by atoms with Crippen molar-refractivity contribution in [2.24, 2.45) is 5.92 Å². The number of rotatable bonds is 3. The Hall–Kier alpha value is -1.02. The first-order valence-electron chi connectivity index (χ1n) is 6.65. The fourth-order valence-electron chi connectivity index (χ4n) is 2.98. The third-order valence-corrected chi connectivity index (χ3v) is 4.04. The van der Waals surface area contributed by atoms with Crippen LogP contribution in [-0.4, -0.2) is 23.1 Å². The maximum absolute atomic E-state index is 9.80. The number of phenolic OH excluding ortho intramolecular Hbond substituents is 1. The predicted molar refractivity (Wildman–Crippen MR) is 71.0 cm³/mol. The van der Waals surface area contributed by atoms with E-state index in [-0.39, 0.29) is 0 Å². The molecule has 1 aliphatic carbocycles. The predicted octanol–water partition coefficient (Wildman–Crippen LogP) is 3.40. The molecule has 0 aromatic heterocycles. The van der Waals surface area contributed by atoms with Gasteiger partial charge >= 0.3 is 0 Å². The molecule has 1 aromatic carbocycles. The fourth-order valence-corrected chi connectivity index (χ4v) is 2.98. The second-order valence-electron chi connectivity index (χ2n) is 5.37. The summed E-state index contributed by atoms with van der Waals surface area (Å²) in [5, 5.41) is 9.80. The van der Waals surface area contributed by atoms with E-state index < -0.39 is 0 Å². The van der Waals surface area contributed by atoms with E-state index in [0.717, 1.165) is 18.0 Å². The maximum Gasteiger partial charge on any atom is 0.120 e. The summed E-state index contributed by atoms with van der Waals surface area (Å²) < 4.78 is 0. The van der Waals surface area contributed by atoms with Gasteiger partial charge in [0.1, 0.15) is 5.75 Å². The fraction of sp³-hybridized carbons (Fsp3) is 0.600. The third-order valence-electron chi connectivity index (χ3n) is 4.04.